The van der Waals surface area contributed by atoms with Crippen molar-refractivity contribution in [2.75, 3.05) is 18.0 Å². The maximum Gasteiger partial charge on any atom is 0.272 e. The second-order valence-electron chi connectivity index (χ2n) is 5.35. The fraction of sp³-hybridized carbons (Fsp3) is 0.538. The van der Waals surface area contributed by atoms with Gasteiger partial charge < -0.3 is 10.0 Å². The number of nitrogens with zero attached hydrogens (tertiary/aromatic N) is 2. The van der Waals surface area contributed by atoms with E-state index in [1.807, 2.05) is 11.8 Å². The molecule has 0 saturated carbocycles. The monoisotopic (exact) mass is 318 g/mol. The van der Waals surface area contributed by atoms with Crippen LogP contribution in [0.1, 0.15) is 26.2 Å². The first-order valence-corrected chi connectivity index (χ1v) is 7.16. The van der Waals surface area contributed by atoms with Gasteiger partial charge in [0.25, 0.3) is 5.69 Å². The minimum absolute atomic E-state index is 0.120. The number of hydrogen-bond acceptors (Lipinski definition) is 4. The van der Waals surface area contributed by atoms with Crippen LogP contribution in [0.15, 0.2) is 12.1 Å². The van der Waals surface area contributed by atoms with E-state index < -0.39 is 10.5 Å². The van der Waals surface area contributed by atoms with Gasteiger partial charge in [0.15, 0.2) is 0 Å². The minimum atomic E-state index is -0.686. The first kappa shape index (κ1) is 15.4. The number of non-ortho nitro benzene ring substituents is 1. The molecular weight excluding hydrogens is 303 g/mol. The number of hydrogen-bond donors (Lipinski definition) is 1. The molecule has 1 atom stereocenters. The number of benzene rings is 1. The summed E-state index contributed by atoms with van der Waals surface area (Å²) in [4.78, 5) is 12.2. The van der Waals surface area contributed by atoms with Crippen LogP contribution < -0.4 is 4.90 Å². The molecule has 110 valence electrons. The zero-order valence-electron chi connectivity index (χ0n) is 11.1. The number of nitro benzene ring substituents is 1. The van der Waals surface area contributed by atoms with E-state index in [-0.39, 0.29) is 15.7 Å². The number of aliphatic hydroxyl groups is 1. The normalized spacial score (nSPS) is 23.5. The van der Waals surface area contributed by atoms with E-state index in [0.717, 1.165) is 6.42 Å². The standard InChI is InChI=1S/C13H16Cl2N2O3/c1-13(18)3-2-5-16(6-4-13)12-10(14)7-9(17(19)20)8-11(12)15/h7-8,18H,2-6H2,1H3. The molecule has 1 aromatic carbocycles. The second kappa shape index (κ2) is 5.76. The Morgan fingerprint density at radius 1 is 1.30 bits per heavy atom. The van der Waals surface area contributed by atoms with Crippen molar-refractivity contribution in [2.24, 2.45) is 0 Å². The molecule has 1 aliphatic rings. The predicted octanol–water partition coefficient (Wildman–Crippen LogP) is 3.64. The molecule has 1 unspecified atom stereocenters. The van der Waals surface area contributed by atoms with Gasteiger partial charge >= 0.3 is 0 Å². The molecule has 2 rings (SSSR count). The quantitative estimate of drug-likeness (QED) is 0.667. The van der Waals surface area contributed by atoms with E-state index in [1.54, 1.807) is 0 Å². The first-order valence-electron chi connectivity index (χ1n) is 6.41. The molecule has 0 radical (unpaired) electrons. The highest BCUT2D eigenvalue weighted by Crippen LogP contribution is 2.39. The van der Waals surface area contributed by atoms with Crippen molar-refractivity contribution in [1.82, 2.24) is 0 Å². The molecule has 1 saturated heterocycles. The van der Waals surface area contributed by atoms with E-state index >= 15 is 0 Å². The summed E-state index contributed by atoms with van der Waals surface area (Å²) in [5, 5.41) is 21.4. The lowest BCUT2D eigenvalue weighted by Crippen LogP contribution is -2.28. The van der Waals surface area contributed by atoms with Gasteiger partial charge in [0.1, 0.15) is 0 Å². The highest BCUT2D eigenvalue weighted by atomic mass is 35.5. The lowest BCUT2D eigenvalue weighted by molar-refractivity contribution is -0.384. The number of anilines is 1. The summed E-state index contributed by atoms with van der Waals surface area (Å²) in [6.45, 7) is 3.15. The third kappa shape index (κ3) is 3.34. The molecule has 20 heavy (non-hydrogen) atoms. The van der Waals surface area contributed by atoms with Gasteiger partial charge in [-0.25, -0.2) is 0 Å². The van der Waals surface area contributed by atoms with Crippen molar-refractivity contribution in [3.8, 4) is 0 Å². The topological polar surface area (TPSA) is 66.6 Å². The number of rotatable bonds is 2. The van der Waals surface area contributed by atoms with E-state index in [0.29, 0.717) is 31.6 Å². The molecule has 1 aliphatic heterocycles. The van der Waals surface area contributed by atoms with Gasteiger partial charge in [-0.15, -0.1) is 0 Å². The third-order valence-corrected chi connectivity index (χ3v) is 4.17. The van der Waals surface area contributed by atoms with E-state index in [4.69, 9.17) is 23.2 Å². The van der Waals surface area contributed by atoms with Crippen molar-refractivity contribution in [2.45, 2.75) is 31.8 Å². The molecule has 0 spiro atoms. The molecule has 1 heterocycles. The highest BCUT2D eigenvalue weighted by Gasteiger charge is 2.27. The molecule has 1 N–H and O–H groups in total. The maximum atomic E-state index is 10.8. The molecule has 0 bridgehead atoms. The Labute approximate surface area is 127 Å². The van der Waals surface area contributed by atoms with Crippen LogP contribution in [0.25, 0.3) is 0 Å². The Morgan fingerprint density at radius 3 is 2.45 bits per heavy atom. The van der Waals surface area contributed by atoms with E-state index in [1.165, 1.54) is 12.1 Å². The summed E-state index contributed by atoms with van der Waals surface area (Å²) in [5.74, 6) is 0. The largest absolute Gasteiger partial charge is 0.390 e. The first-order chi connectivity index (χ1) is 9.30. The fourth-order valence-corrected chi connectivity index (χ4v) is 3.16. The Balaban J connectivity index is 2.31. The van der Waals surface area contributed by atoms with Gasteiger partial charge in [-0.3, -0.25) is 10.1 Å². The summed E-state index contributed by atoms with van der Waals surface area (Å²) in [6, 6.07) is 2.62. The summed E-state index contributed by atoms with van der Waals surface area (Å²) in [5.41, 5.74) is -0.198. The van der Waals surface area contributed by atoms with Crippen molar-refractivity contribution in [3.05, 3.63) is 32.3 Å². The Kier molecular flexibility index (Phi) is 4.42. The van der Waals surface area contributed by atoms with Crippen molar-refractivity contribution in [1.29, 1.82) is 0 Å². The molecular formula is C13H16Cl2N2O3. The van der Waals surface area contributed by atoms with Gasteiger partial charge in [0.2, 0.25) is 0 Å². The molecule has 1 fully saturated rings. The zero-order chi connectivity index (χ0) is 14.9. The van der Waals surface area contributed by atoms with Crippen LogP contribution in [-0.2, 0) is 0 Å². The lowest BCUT2D eigenvalue weighted by atomic mass is 9.98. The smallest absolute Gasteiger partial charge is 0.272 e. The third-order valence-electron chi connectivity index (χ3n) is 3.59. The van der Waals surface area contributed by atoms with E-state index in [9.17, 15) is 15.2 Å². The Morgan fingerprint density at radius 2 is 1.90 bits per heavy atom. The van der Waals surface area contributed by atoms with Gasteiger partial charge in [0.05, 0.1) is 26.3 Å². The lowest BCUT2D eigenvalue weighted by Gasteiger charge is -2.26. The van der Waals surface area contributed by atoms with Crippen molar-refractivity contribution in [3.63, 3.8) is 0 Å². The maximum absolute atomic E-state index is 10.8. The molecule has 0 amide bonds. The van der Waals surface area contributed by atoms with Crippen LogP contribution in [0.3, 0.4) is 0 Å². The SMILES string of the molecule is CC1(O)CCCN(c2c(Cl)cc([N+](=O)[O-])cc2Cl)CC1. The fourth-order valence-electron chi connectivity index (χ4n) is 2.45. The minimum Gasteiger partial charge on any atom is -0.390 e. The van der Waals surface area contributed by atoms with Gasteiger partial charge in [0, 0.05) is 25.2 Å². The average Bonchev–Trinajstić information content (AvgIpc) is 2.50. The predicted molar refractivity (Wildman–Crippen MR) is 79.8 cm³/mol. The van der Waals surface area contributed by atoms with Crippen molar-refractivity contribution >= 4 is 34.6 Å². The summed E-state index contributed by atoms with van der Waals surface area (Å²) < 4.78 is 0. The number of nitro groups is 1. The van der Waals surface area contributed by atoms with Crippen LogP contribution in [0.5, 0.6) is 0 Å². The Bertz CT molecular complexity index is 511. The van der Waals surface area contributed by atoms with Gasteiger partial charge in [-0.1, -0.05) is 23.2 Å². The Hall–Kier alpha value is -1.04. The summed E-state index contributed by atoms with van der Waals surface area (Å²) >= 11 is 12.3. The van der Waals surface area contributed by atoms with Crippen LogP contribution >= 0.6 is 23.2 Å². The average molecular weight is 319 g/mol. The van der Waals surface area contributed by atoms with Crippen LogP contribution in [0.2, 0.25) is 10.0 Å². The van der Waals surface area contributed by atoms with E-state index in [2.05, 4.69) is 0 Å². The van der Waals surface area contributed by atoms with Crippen LogP contribution in [0, 0.1) is 10.1 Å². The van der Waals surface area contributed by atoms with Crippen molar-refractivity contribution < 1.29 is 10.0 Å². The number of halogens is 2. The molecule has 7 heteroatoms. The van der Waals surface area contributed by atoms with Crippen LogP contribution in [-0.4, -0.2) is 28.7 Å². The van der Waals surface area contributed by atoms with Crippen LogP contribution in [0.4, 0.5) is 11.4 Å². The zero-order valence-corrected chi connectivity index (χ0v) is 12.6. The van der Waals surface area contributed by atoms with Gasteiger partial charge in [-0.2, -0.15) is 0 Å². The second-order valence-corrected chi connectivity index (χ2v) is 6.17. The molecule has 1 aromatic rings. The summed E-state index contributed by atoms with van der Waals surface area (Å²) in [7, 11) is 0. The molecule has 0 aromatic heterocycles. The van der Waals surface area contributed by atoms with Gasteiger partial charge in [-0.05, 0) is 26.2 Å². The highest BCUT2D eigenvalue weighted by molar-refractivity contribution is 6.39. The molecule has 0 aliphatic carbocycles. The molecule has 5 nitrogen and oxygen atoms in total. The summed E-state index contributed by atoms with van der Waals surface area (Å²) in [6.07, 6.45) is 2.14.